The highest BCUT2D eigenvalue weighted by Crippen LogP contribution is 2.31. The van der Waals surface area contributed by atoms with Crippen LogP contribution in [0.2, 0.25) is 0 Å². The quantitative estimate of drug-likeness (QED) is 0.277. The lowest BCUT2D eigenvalue weighted by Gasteiger charge is -2.13. The second kappa shape index (κ2) is 15.4. The zero-order valence-electron chi connectivity index (χ0n) is 23.9. The summed E-state index contributed by atoms with van der Waals surface area (Å²) < 4.78 is 44.3. The third-order valence-electron chi connectivity index (χ3n) is 5.35. The van der Waals surface area contributed by atoms with Gasteiger partial charge in [-0.15, -0.1) is 0 Å². The third kappa shape index (κ3) is 9.05. The van der Waals surface area contributed by atoms with E-state index in [2.05, 4.69) is 9.84 Å². The third-order valence-corrected chi connectivity index (χ3v) is 6.26. The van der Waals surface area contributed by atoms with Gasteiger partial charge in [0.05, 0.1) is 35.6 Å². The minimum Gasteiger partial charge on any atom is -0.493 e. The molecule has 0 radical (unpaired) electrons. The van der Waals surface area contributed by atoms with E-state index in [4.69, 9.17) is 19.0 Å². The fourth-order valence-corrected chi connectivity index (χ4v) is 4.04. The van der Waals surface area contributed by atoms with Crippen molar-refractivity contribution in [2.45, 2.75) is 46.1 Å². The second-order valence-corrected chi connectivity index (χ2v) is 9.73. The molecule has 1 aliphatic heterocycles. The Morgan fingerprint density at radius 3 is 2.34 bits per heavy atom. The van der Waals surface area contributed by atoms with Crippen molar-refractivity contribution in [3.05, 3.63) is 77.3 Å². The van der Waals surface area contributed by atoms with Gasteiger partial charge in [0, 0.05) is 0 Å². The average molecular weight is 586 g/mol. The SMILES string of the molecule is CC.CCOC=O.COc1cc(/C=C2\C(=O)N(c3cccc(S(N)(=O)=O)c3)N=C2C)ccc1OCc1ccc(C)o1. The molecular formula is C29H35N3O8S. The normalized spacial score (nSPS) is 13.4. The van der Waals surface area contributed by atoms with E-state index in [-0.39, 0.29) is 11.5 Å². The lowest BCUT2D eigenvalue weighted by molar-refractivity contribution is -0.128. The summed E-state index contributed by atoms with van der Waals surface area (Å²) in [5.41, 5.74) is 1.85. The lowest BCUT2D eigenvalue weighted by atomic mass is 10.1. The first kappa shape index (κ1) is 32.8. The Bertz CT molecular complexity index is 1510. The molecule has 12 heteroatoms. The molecule has 2 aromatic carbocycles. The highest BCUT2D eigenvalue weighted by atomic mass is 32.2. The maximum atomic E-state index is 13.1. The van der Waals surface area contributed by atoms with Gasteiger partial charge >= 0.3 is 0 Å². The molecule has 4 rings (SSSR count). The van der Waals surface area contributed by atoms with Crippen LogP contribution in [0.1, 0.15) is 44.8 Å². The zero-order valence-corrected chi connectivity index (χ0v) is 24.7. The number of amides is 1. The minimum atomic E-state index is -3.91. The number of methoxy groups -OCH3 is 1. The number of nitrogens with zero attached hydrogens (tertiary/aromatic N) is 2. The number of nitrogens with two attached hydrogens (primary N) is 1. The summed E-state index contributed by atoms with van der Waals surface area (Å²) in [6.07, 6.45) is 1.69. The summed E-state index contributed by atoms with van der Waals surface area (Å²) in [6.45, 7) is 10.5. The number of anilines is 1. The topological polar surface area (TPSA) is 151 Å². The Hall–Kier alpha value is -4.42. The number of furan rings is 1. The molecule has 0 aliphatic carbocycles. The molecule has 0 saturated carbocycles. The van der Waals surface area contributed by atoms with Gasteiger partial charge in [-0.2, -0.15) is 10.1 Å². The molecule has 220 valence electrons. The van der Waals surface area contributed by atoms with E-state index in [1.54, 1.807) is 44.2 Å². The number of primary sulfonamides is 1. The van der Waals surface area contributed by atoms with Crippen molar-refractivity contribution in [2.24, 2.45) is 10.2 Å². The van der Waals surface area contributed by atoms with Crippen LogP contribution in [0.4, 0.5) is 5.69 Å². The van der Waals surface area contributed by atoms with Crippen molar-refractivity contribution in [3.63, 3.8) is 0 Å². The molecular weight excluding hydrogens is 550 g/mol. The molecule has 0 spiro atoms. The van der Waals surface area contributed by atoms with Gasteiger partial charge in [0.1, 0.15) is 18.1 Å². The molecule has 41 heavy (non-hydrogen) atoms. The summed E-state index contributed by atoms with van der Waals surface area (Å²) in [4.78, 5) is 22.1. The Morgan fingerprint density at radius 1 is 1.05 bits per heavy atom. The zero-order chi connectivity index (χ0) is 30.6. The van der Waals surface area contributed by atoms with Gasteiger partial charge in [0.25, 0.3) is 12.4 Å². The van der Waals surface area contributed by atoms with Gasteiger partial charge < -0.3 is 18.6 Å². The molecule has 1 aromatic heterocycles. The Kier molecular flexibility index (Phi) is 12.3. The van der Waals surface area contributed by atoms with Crippen LogP contribution in [0, 0.1) is 6.92 Å². The summed E-state index contributed by atoms with van der Waals surface area (Å²) in [5, 5.41) is 10.6. The molecule has 11 nitrogen and oxygen atoms in total. The van der Waals surface area contributed by atoms with Gasteiger partial charge in [-0.3, -0.25) is 9.59 Å². The van der Waals surface area contributed by atoms with Crippen LogP contribution in [0.25, 0.3) is 6.08 Å². The minimum absolute atomic E-state index is 0.104. The maximum Gasteiger partial charge on any atom is 0.293 e. The molecule has 0 fully saturated rings. The van der Waals surface area contributed by atoms with Crippen LogP contribution in [-0.4, -0.2) is 40.2 Å². The van der Waals surface area contributed by atoms with E-state index >= 15 is 0 Å². The van der Waals surface area contributed by atoms with E-state index in [1.165, 1.54) is 25.3 Å². The highest BCUT2D eigenvalue weighted by Gasteiger charge is 2.29. The monoisotopic (exact) mass is 585 g/mol. The van der Waals surface area contributed by atoms with Crippen molar-refractivity contribution >= 4 is 39.9 Å². The highest BCUT2D eigenvalue weighted by molar-refractivity contribution is 7.89. The molecule has 1 amide bonds. The molecule has 2 heterocycles. The van der Waals surface area contributed by atoms with Crippen LogP contribution in [0.5, 0.6) is 11.5 Å². The molecule has 1 aliphatic rings. The van der Waals surface area contributed by atoms with Crippen LogP contribution in [0.15, 0.2) is 74.6 Å². The molecule has 3 aromatic rings. The van der Waals surface area contributed by atoms with Gasteiger partial charge in [0.2, 0.25) is 10.0 Å². The fourth-order valence-electron chi connectivity index (χ4n) is 3.49. The van der Waals surface area contributed by atoms with E-state index in [0.717, 1.165) is 10.8 Å². The number of benzene rings is 2. The number of rotatable bonds is 9. The predicted molar refractivity (Wildman–Crippen MR) is 156 cm³/mol. The van der Waals surface area contributed by atoms with Crippen molar-refractivity contribution in [2.75, 3.05) is 18.7 Å². The summed E-state index contributed by atoms with van der Waals surface area (Å²) in [6, 6.07) is 14.8. The van der Waals surface area contributed by atoms with Crippen LogP contribution in [-0.2, 0) is 31.0 Å². The number of hydrazone groups is 1. The van der Waals surface area contributed by atoms with Crippen molar-refractivity contribution in [3.8, 4) is 11.5 Å². The van der Waals surface area contributed by atoms with E-state index < -0.39 is 15.9 Å². The van der Waals surface area contributed by atoms with E-state index in [1.807, 2.05) is 32.9 Å². The maximum absolute atomic E-state index is 13.1. The van der Waals surface area contributed by atoms with Crippen molar-refractivity contribution in [1.29, 1.82) is 0 Å². The molecule has 0 atom stereocenters. The number of aryl methyl sites for hydroxylation is 1. The van der Waals surface area contributed by atoms with Gasteiger partial charge in [0.15, 0.2) is 11.5 Å². The number of hydrogen-bond acceptors (Lipinski definition) is 9. The molecule has 0 unspecified atom stereocenters. The predicted octanol–water partition coefficient (Wildman–Crippen LogP) is 4.83. The average Bonchev–Trinajstić information content (AvgIpc) is 3.51. The summed E-state index contributed by atoms with van der Waals surface area (Å²) >= 11 is 0. The molecule has 2 N–H and O–H groups in total. The summed E-state index contributed by atoms with van der Waals surface area (Å²) in [5.74, 6) is 2.13. The summed E-state index contributed by atoms with van der Waals surface area (Å²) in [7, 11) is -2.38. The second-order valence-electron chi connectivity index (χ2n) is 8.17. The smallest absolute Gasteiger partial charge is 0.293 e. The number of hydrogen-bond donors (Lipinski definition) is 1. The van der Waals surface area contributed by atoms with E-state index in [9.17, 15) is 18.0 Å². The van der Waals surface area contributed by atoms with Gasteiger partial charge in [-0.05, 0) is 74.9 Å². The Morgan fingerprint density at radius 2 is 1.78 bits per heavy atom. The Balaban J connectivity index is 0.000000759. The first-order valence-corrected chi connectivity index (χ1v) is 14.3. The van der Waals surface area contributed by atoms with Crippen LogP contribution >= 0.6 is 0 Å². The van der Waals surface area contributed by atoms with Gasteiger partial charge in [-0.25, -0.2) is 13.6 Å². The van der Waals surface area contributed by atoms with E-state index in [0.29, 0.717) is 52.9 Å². The first-order valence-electron chi connectivity index (χ1n) is 12.7. The first-order chi connectivity index (χ1) is 19.6. The van der Waals surface area contributed by atoms with Crippen molar-refractivity contribution < 1.29 is 36.6 Å². The molecule has 0 bridgehead atoms. The number of ether oxygens (including phenoxy) is 3. The lowest BCUT2D eigenvalue weighted by Crippen LogP contribution is -2.22. The largest absolute Gasteiger partial charge is 0.493 e. The van der Waals surface area contributed by atoms with Crippen LogP contribution < -0.4 is 19.6 Å². The Labute approximate surface area is 240 Å². The van der Waals surface area contributed by atoms with Crippen LogP contribution in [0.3, 0.4) is 0 Å². The fraction of sp³-hybridized carbons (Fsp3) is 0.276. The standard InChI is InChI=1S/C24H23N3O6S.C3H6O2.C2H6/c1-15-7-9-19(33-15)14-32-22-10-8-17(12-23(22)31-3)11-21-16(2)26-27(24(21)28)18-5-4-6-20(13-18)34(25,29)30;1-2-5-3-4;1-2/h4-13H,14H2,1-3H3,(H2,25,29,30);3H,2H2,1H3;1-2H3/b21-11-;;. The number of carbonyl (C=O) groups excluding carboxylic acids is 2. The van der Waals surface area contributed by atoms with Gasteiger partial charge in [-0.1, -0.05) is 26.0 Å². The number of sulfonamides is 1. The number of carbonyl (C=O) groups is 2. The van der Waals surface area contributed by atoms with Crippen molar-refractivity contribution in [1.82, 2.24) is 0 Å². The molecule has 0 saturated heterocycles.